The summed E-state index contributed by atoms with van der Waals surface area (Å²) in [5, 5.41) is 14.3. The topological polar surface area (TPSA) is 67.1 Å². The van der Waals surface area contributed by atoms with E-state index in [1.165, 1.54) is 0 Å². The number of para-hydroxylation sites is 1. The number of rotatable bonds is 7. The van der Waals surface area contributed by atoms with E-state index in [0.717, 1.165) is 47.4 Å². The number of thiazole rings is 1. The quantitative estimate of drug-likeness (QED) is 0.497. The maximum Gasteiger partial charge on any atom is 0.191 e. The average molecular weight is 369 g/mol. The van der Waals surface area contributed by atoms with Gasteiger partial charge >= 0.3 is 0 Å². The van der Waals surface area contributed by atoms with E-state index in [-0.39, 0.29) is 0 Å². The van der Waals surface area contributed by atoms with E-state index in [9.17, 15) is 0 Å². The van der Waals surface area contributed by atoms with Crippen LogP contribution in [0.5, 0.6) is 0 Å². The monoisotopic (exact) mass is 368 g/mol. The van der Waals surface area contributed by atoms with E-state index in [2.05, 4.69) is 38.0 Å². The fraction of sp³-hybridized carbons (Fsp3) is 0.316. The predicted molar refractivity (Wildman–Crippen MR) is 107 cm³/mol. The summed E-state index contributed by atoms with van der Waals surface area (Å²) < 4.78 is 1.87. The number of nitrogens with one attached hydrogen (secondary N) is 2. The molecule has 2 N–H and O–H groups in total. The van der Waals surface area contributed by atoms with E-state index in [4.69, 9.17) is 0 Å². The molecule has 0 atom stereocenters. The van der Waals surface area contributed by atoms with Crippen LogP contribution in [0.2, 0.25) is 0 Å². The van der Waals surface area contributed by atoms with Crippen LogP contribution in [0.1, 0.15) is 23.2 Å². The molecule has 136 valence electrons. The van der Waals surface area contributed by atoms with Crippen LogP contribution in [0, 0.1) is 6.92 Å². The number of nitrogens with zero attached hydrogens (tertiary/aromatic N) is 4. The average Bonchev–Trinajstić information content (AvgIpc) is 3.29. The zero-order valence-corrected chi connectivity index (χ0v) is 16.0. The van der Waals surface area contributed by atoms with Crippen LogP contribution in [-0.4, -0.2) is 33.8 Å². The molecule has 3 aromatic rings. The molecule has 2 aromatic heterocycles. The van der Waals surface area contributed by atoms with Gasteiger partial charge in [0, 0.05) is 36.7 Å². The van der Waals surface area contributed by atoms with Crippen LogP contribution in [0.3, 0.4) is 0 Å². The number of hydrogen-bond acceptors (Lipinski definition) is 4. The second kappa shape index (κ2) is 9.15. The zero-order valence-electron chi connectivity index (χ0n) is 15.1. The molecule has 0 saturated carbocycles. The molecule has 0 radical (unpaired) electrons. The normalized spacial score (nSPS) is 11.5. The third-order valence-corrected chi connectivity index (χ3v) is 4.58. The molecule has 0 fully saturated rings. The number of aryl methyl sites for hydroxylation is 1. The van der Waals surface area contributed by atoms with Crippen molar-refractivity contribution in [2.75, 3.05) is 13.1 Å². The first kappa shape index (κ1) is 18.1. The van der Waals surface area contributed by atoms with Crippen LogP contribution < -0.4 is 10.6 Å². The molecule has 0 saturated heterocycles. The molecule has 0 unspecified atom stereocenters. The second-order valence-electron chi connectivity index (χ2n) is 5.86. The van der Waals surface area contributed by atoms with Gasteiger partial charge in [-0.1, -0.05) is 18.2 Å². The Balaban J connectivity index is 1.56. The molecule has 7 heteroatoms. The Bertz CT molecular complexity index is 837. The third kappa shape index (κ3) is 5.16. The summed E-state index contributed by atoms with van der Waals surface area (Å²) in [6, 6.07) is 10.1. The highest BCUT2D eigenvalue weighted by atomic mass is 32.1. The largest absolute Gasteiger partial charge is 0.357 e. The summed E-state index contributed by atoms with van der Waals surface area (Å²) in [6.07, 6.45) is 4.76. The maximum absolute atomic E-state index is 4.65. The molecule has 0 aliphatic rings. The Morgan fingerprint density at radius 2 is 2.08 bits per heavy atom. The summed E-state index contributed by atoms with van der Waals surface area (Å²) in [7, 11) is 0. The first-order valence-electron chi connectivity index (χ1n) is 8.76. The lowest BCUT2D eigenvalue weighted by Crippen LogP contribution is -2.38. The molecule has 1 aromatic carbocycles. The van der Waals surface area contributed by atoms with E-state index >= 15 is 0 Å². The van der Waals surface area contributed by atoms with Crippen molar-refractivity contribution in [1.82, 2.24) is 25.4 Å². The molecule has 3 rings (SSSR count). The highest BCUT2D eigenvalue weighted by Gasteiger charge is 2.03. The number of guanidine groups is 1. The predicted octanol–water partition coefficient (Wildman–Crippen LogP) is 2.94. The lowest BCUT2D eigenvalue weighted by atomic mass is 10.3. The van der Waals surface area contributed by atoms with Crippen molar-refractivity contribution >= 4 is 17.3 Å². The molecule has 0 aliphatic heterocycles. The van der Waals surface area contributed by atoms with Crippen molar-refractivity contribution in [3.05, 3.63) is 64.4 Å². The molecule has 0 spiro atoms. The van der Waals surface area contributed by atoms with E-state index in [1.54, 1.807) is 11.3 Å². The SMILES string of the molecule is CCNC(=NCc1cnn(-c2ccccc2)c1)NCCc1csc(C)n1. The van der Waals surface area contributed by atoms with Crippen molar-refractivity contribution in [3.63, 3.8) is 0 Å². The van der Waals surface area contributed by atoms with Gasteiger partial charge in [0.2, 0.25) is 0 Å². The van der Waals surface area contributed by atoms with Gasteiger partial charge in [-0.2, -0.15) is 5.10 Å². The Morgan fingerprint density at radius 3 is 2.81 bits per heavy atom. The minimum Gasteiger partial charge on any atom is -0.357 e. The van der Waals surface area contributed by atoms with Crippen LogP contribution in [0.25, 0.3) is 5.69 Å². The number of benzene rings is 1. The Morgan fingerprint density at radius 1 is 1.23 bits per heavy atom. The smallest absolute Gasteiger partial charge is 0.191 e. The number of aromatic nitrogens is 3. The Hall–Kier alpha value is -2.67. The standard InChI is InChI=1S/C19H24N6S/c1-3-20-19(21-10-9-17-14-26-15(2)24-17)22-11-16-12-23-25(13-16)18-7-5-4-6-8-18/h4-8,12-14H,3,9-11H2,1-2H3,(H2,20,21,22). The van der Waals surface area contributed by atoms with Crippen molar-refractivity contribution < 1.29 is 0 Å². The molecule has 6 nitrogen and oxygen atoms in total. The second-order valence-corrected chi connectivity index (χ2v) is 6.92. The summed E-state index contributed by atoms with van der Waals surface area (Å²) in [5.74, 6) is 0.812. The first-order chi connectivity index (χ1) is 12.7. The molecule has 0 aliphatic carbocycles. The van der Waals surface area contributed by atoms with E-state index in [1.807, 2.05) is 54.3 Å². The Labute approximate surface area is 158 Å². The van der Waals surface area contributed by atoms with E-state index < -0.39 is 0 Å². The lowest BCUT2D eigenvalue weighted by Gasteiger charge is -2.10. The molecule has 2 heterocycles. The van der Waals surface area contributed by atoms with Crippen molar-refractivity contribution in [2.45, 2.75) is 26.8 Å². The maximum atomic E-state index is 4.65. The van der Waals surface area contributed by atoms with Gasteiger partial charge in [0.15, 0.2) is 5.96 Å². The molecular weight excluding hydrogens is 344 g/mol. The number of hydrogen-bond donors (Lipinski definition) is 2. The summed E-state index contributed by atoms with van der Waals surface area (Å²) >= 11 is 1.69. The molecule has 0 amide bonds. The Kier molecular flexibility index (Phi) is 6.38. The van der Waals surface area contributed by atoms with Crippen molar-refractivity contribution in [3.8, 4) is 5.69 Å². The van der Waals surface area contributed by atoms with Crippen molar-refractivity contribution in [2.24, 2.45) is 4.99 Å². The summed E-state index contributed by atoms with van der Waals surface area (Å²) in [4.78, 5) is 9.14. The lowest BCUT2D eigenvalue weighted by molar-refractivity contribution is 0.790. The fourth-order valence-electron chi connectivity index (χ4n) is 2.51. The minimum atomic E-state index is 0.581. The van der Waals surface area contributed by atoms with Crippen molar-refractivity contribution in [1.29, 1.82) is 0 Å². The number of aliphatic imine (C=N–C) groups is 1. The first-order valence-corrected chi connectivity index (χ1v) is 9.64. The molecular formula is C19H24N6S. The van der Waals surface area contributed by atoms with Gasteiger partial charge in [-0.3, -0.25) is 0 Å². The van der Waals surface area contributed by atoms with E-state index in [0.29, 0.717) is 6.54 Å². The molecule has 26 heavy (non-hydrogen) atoms. The van der Waals surface area contributed by atoms with Gasteiger partial charge in [0.1, 0.15) is 0 Å². The van der Waals surface area contributed by atoms with Gasteiger partial charge < -0.3 is 10.6 Å². The van der Waals surface area contributed by atoms with Gasteiger partial charge in [-0.05, 0) is 26.0 Å². The highest BCUT2D eigenvalue weighted by Crippen LogP contribution is 2.09. The third-order valence-electron chi connectivity index (χ3n) is 3.76. The van der Waals surface area contributed by atoms with Gasteiger partial charge in [0.05, 0.1) is 29.1 Å². The van der Waals surface area contributed by atoms with Gasteiger partial charge in [-0.15, -0.1) is 11.3 Å². The van der Waals surface area contributed by atoms with Crippen LogP contribution >= 0.6 is 11.3 Å². The highest BCUT2D eigenvalue weighted by molar-refractivity contribution is 7.09. The summed E-state index contributed by atoms with van der Waals surface area (Å²) in [5.41, 5.74) is 3.24. The zero-order chi connectivity index (χ0) is 18.2. The van der Waals surface area contributed by atoms with Crippen LogP contribution in [0.15, 0.2) is 53.1 Å². The van der Waals surface area contributed by atoms with Crippen LogP contribution in [0.4, 0.5) is 0 Å². The minimum absolute atomic E-state index is 0.581. The van der Waals surface area contributed by atoms with Gasteiger partial charge in [-0.25, -0.2) is 14.7 Å². The fourth-order valence-corrected chi connectivity index (χ4v) is 3.15. The summed E-state index contributed by atoms with van der Waals surface area (Å²) in [6.45, 7) is 6.30. The molecule has 0 bridgehead atoms. The van der Waals surface area contributed by atoms with Gasteiger partial charge in [0.25, 0.3) is 0 Å². The van der Waals surface area contributed by atoms with Crippen LogP contribution in [-0.2, 0) is 13.0 Å².